The number of aliphatic hydroxyl groups is 1. The number of hydrogen-bond acceptors (Lipinski definition) is 8. The largest absolute Gasteiger partial charge is 0.396 e. The first kappa shape index (κ1) is 26.1. The van der Waals surface area contributed by atoms with Gasteiger partial charge in [0.2, 0.25) is 11.9 Å². The number of nitrogens with one attached hydrogen (secondary N) is 3. The van der Waals surface area contributed by atoms with Gasteiger partial charge in [-0.2, -0.15) is 4.98 Å². The number of nitrogens with zero attached hydrogens (tertiary/aromatic N) is 4. The van der Waals surface area contributed by atoms with Crippen LogP contribution in [-0.4, -0.2) is 90.4 Å². The Bertz CT molecular complexity index is 766. The lowest BCUT2D eigenvalue weighted by Crippen LogP contribution is -2.53. The van der Waals surface area contributed by atoms with Crippen LogP contribution in [0, 0.1) is 5.92 Å². The van der Waals surface area contributed by atoms with E-state index in [0.717, 1.165) is 83.6 Å². The highest BCUT2D eigenvalue weighted by Crippen LogP contribution is 2.24. The van der Waals surface area contributed by atoms with Crippen molar-refractivity contribution in [3.8, 4) is 0 Å². The van der Waals surface area contributed by atoms with Gasteiger partial charge in [-0.25, -0.2) is 4.98 Å². The van der Waals surface area contributed by atoms with Crippen molar-refractivity contribution in [1.29, 1.82) is 0 Å². The van der Waals surface area contributed by atoms with Gasteiger partial charge in [-0.3, -0.25) is 9.69 Å². The summed E-state index contributed by atoms with van der Waals surface area (Å²) in [7, 11) is 0. The Kier molecular flexibility index (Phi) is 10.4. The molecule has 3 aliphatic heterocycles. The van der Waals surface area contributed by atoms with Crippen LogP contribution in [0.1, 0.15) is 64.2 Å². The molecule has 4 N–H and O–H groups in total. The highest BCUT2D eigenvalue weighted by Gasteiger charge is 2.32. The quantitative estimate of drug-likeness (QED) is 0.397. The van der Waals surface area contributed by atoms with Gasteiger partial charge in [0.15, 0.2) is 0 Å². The molecule has 4 heterocycles. The molecule has 4 rings (SSSR count). The molecule has 1 aromatic heterocycles. The van der Waals surface area contributed by atoms with Crippen molar-refractivity contribution in [3.05, 3.63) is 12.3 Å². The number of amides is 1. The van der Waals surface area contributed by atoms with Crippen LogP contribution >= 0.6 is 0 Å². The van der Waals surface area contributed by atoms with Gasteiger partial charge >= 0.3 is 0 Å². The molecule has 2 atom stereocenters. The molecule has 35 heavy (non-hydrogen) atoms. The first-order valence-corrected chi connectivity index (χ1v) is 13.9. The van der Waals surface area contributed by atoms with Gasteiger partial charge in [0.25, 0.3) is 0 Å². The van der Waals surface area contributed by atoms with E-state index in [4.69, 9.17) is 4.98 Å². The second kappa shape index (κ2) is 13.9. The van der Waals surface area contributed by atoms with Crippen LogP contribution in [0.15, 0.2) is 12.3 Å². The van der Waals surface area contributed by atoms with E-state index in [2.05, 4.69) is 30.7 Å². The minimum atomic E-state index is 0.136. The Morgan fingerprint density at radius 3 is 2.66 bits per heavy atom. The van der Waals surface area contributed by atoms with Gasteiger partial charge < -0.3 is 26.0 Å². The van der Waals surface area contributed by atoms with Crippen LogP contribution in [0.25, 0.3) is 0 Å². The molecule has 3 fully saturated rings. The molecule has 9 heteroatoms. The number of carbonyl (C=O) groups is 1. The summed E-state index contributed by atoms with van der Waals surface area (Å²) in [6.45, 7) is 6.76. The molecule has 0 aliphatic carbocycles. The summed E-state index contributed by atoms with van der Waals surface area (Å²) in [5.41, 5.74) is 0. The Labute approximate surface area is 210 Å². The smallest absolute Gasteiger partial charge is 0.224 e. The first-order chi connectivity index (χ1) is 17.2. The van der Waals surface area contributed by atoms with Gasteiger partial charge in [0.1, 0.15) is 5.82 Å². The molecule has 9 nitrogen and oxygen atoms in total. The van der Waals surface area contributed by atoms with E-state index in [-0.39, 0.29) is 30.5 Å². The Balaban J connectivity index is 1.38. The maximum Gasteiger partial charge on any atom is 0.224 e. The summed E-state index contributed by atoms with van der Waals surface area (Å²) < 4.78 is 0. The fourth-order valence-electron chi connectivity index (χ4n) is 5.86. The van der Waals surface area contributed by atoms with Gasteiger partial charge in [-0.1, -0.05) is 12.8 Å². The number of rotatable bonds is 10. The molecule has 3 saturated heterocycles. The summed E-state index contributed by atoms with van der Waals surface area (Å²) in [4.78, 5) is 27.0. The van der Waals surface area contributed by atoms with Crippen molar-refractivity contribution in [2.24, 2.45) is 5.92 Å². The molecule has 0 bridgehead atoms. The lowest BCUT2D eigenvalue weighted by Gasteiger charge is -2.42. The van der Waals surface area contributed by atoms with E-state index in [0.29, 0.717) is 12.5 Å². The number of likely N-dealkylation sites (tertiary alicyclic amines) is 1. The van der Waals surface area contributed by atoms with Gasteiger partial charge in [0.05, 0.1) is 0 Å². The third-order valence-electron chi connectivity index (χ3n) is 7.83. The minimum Gasteiger partial charge on any atom is -0.396 e. The molecule has 1 aromatic rings. The van der Waals surface area contributed by atoms with Crippen LogP contribution in [0.2, 0.25) is 0 Å². The summed E-state index contributed by atoms with van der Waals surface area (Å²) >= 11 is 0. The van der Waals surface area contributed by atoms with E-state index in [1.165, 1.54) is 25.7 Å². The zero-order chi connectivity index (χ0) is 24.3. The van der Waals surface area contributed by atoms with Crippen LogP contribution in [0.4, 0.5) is 11.8 Å². The summed E-state index contributed by atoms with van der Waals surface area (Å²) in [5, 5.41) is 19.6. The van der Waals surface area contributed by atoms with Crippen molar-refractivity contribution in [3.63, 3.8) is 0 Å². The fourth-order valence-corrected chi connectivity index (χ4v) is 5.86. The zero-order valence-corrected chi connectivity index (χ0v) is 21.3. The van der Waals surface area contributed by atoms with Crippen LogP contribution in [0.5, 0.6) is 0 Å². The summed E-state index contributed by atoms with van der Waals surface area (Å²) in [6, 6.07) is 2.52. The molecule has 1 amide bonds. The monoisotopic (exact) mass is 487 g/mol. The van der Waals surface area contributed by atoms with Crippen LogP contribution < -0.4 is 20.9 Å². The predicted molar refractivity (Wildman–Crippen MR) is 140 cm³/mol. The van der Waals surface area contributed by atoms with Gasteiger partial charge in [-0.15, -0.1) is 0 Å². The van der Waals surface area contributed by atoms with Crippen molar-refractivity contribution < 1.29 is 9.90 Å². The molecule has 0 saturated carbocycles. The molecular weight excluding hydrogens is 442 g/mol. The lowest BCUT2D eigenvalue weighted by atomic mass is 9.93. The fraction of sp³-hybridized carbons (Fsp3) is 0.808. The Hall–Kier alpha value is -1.97. The zero-order valence-electron chi connectivity index (χ0n) is 21.3. The minimum absolute atomic E-state index is 0.136. The standard InChI is InChI=1S/C26H45N7O2/c34-20-6-19-32-18-5-7-22(23(32)10-14-28-25(35)21-8-12-27-13-9-21)30-26-29-15-11-24(31-26)33-16-3-1-2-4-17-33/h11,15,21-23,27,34H,1-10,12-14,16-20H2,(H,28,35)(H,29,30,31)/t22-,23+/m0/s1. The third kappa shape index (κ3) is 7.75. The number of anilines is 2. The average molecular weight is 488 g/mol. The maximum atomic E-state index is 12.7. The van der Waals surface area contributed by atoms with E-state index >= 15 is 0 Å². The topological polar surface area (TPSA) is 106 Å². The van der Waals surface area contributed by atoms with Crippen molar-refractivity contribution in [1.82, 2.24) is 25.5 Å². The molecular formula is C26H45N7O2. The number of aliphatic hydroxyl groups excluding tert-OH is 1. The number of piperidine rings is 2. The lowest BCUT2D eigenvalue weighted by molar-refractivity contribution is -0.125. The van der Waals surface area contributed by atoms with E-state index in [1.54, 1.807) is 0 Å². The van der Waals surface area contributed by atoms with Crippen LogP contribution in [0.3, 0.4) is 0 Å². The second-order valence-corrected chi connectivity index (χ2v) is 10.3. The van der Waals surface area contributed by atoms with E-state index < -0.39 is 0 Å². The maximum absolute atomic E-state index is 12.7. The second-order valence-electron chi connectivity index (χ2n) is 10.3. The molecule has 3 aliphatic rings. The molecule has 0 aromatic carbocycles. The molecule has 0 radical (unpaired) electrons. The number of carbonyl (C=O) groups excluding carboxylic acids is 1. The summed E-state index contributed by atoms with van der Waals surface area (Å²) in [6.07, 6.45) is 12.6. The third-order valence-corrected chi connectivity index (χ3v) is 7.83. The normalized spacial score (nSPS) is 24.7. The summed E-state index contributed by atoms with van der Waals surface area (Å²) in [5.74, 6) is 2.05. The van der Waals surface area contributed by atoms with Gasteiger partial charge in [-0.05, 0) is 77.1 Å². The van der Waals surface area contributed by atoms with E-state index in [9.17, 15) is 9.90 Å². The van der Waals surface area contributed by atoms with E-state index in [1.807, 2.05) is 12.3 Å². The number of aromatic nitrogens is 2. The predicted octanol–water partition coefficient (Wildman–Crippen LogP) is 1.99. The Morgan fingerprint density at radius 1 is 1.09 bits per heavy atom. The SMILES string of the molecule is O=C(NCC[C@@H]1[C@@H](Nc2nccc(N3CCCCCC3)n2)CCCN1CCCO)C1CCNCC1. The highest BCUT2D eigenvalue weighted by atomic mass is 16.3. The average Bonchev–Trinajstić information content (AvgIpc) is 3.19. The highest BCUT2D eigenvalue weighted by molar-refractivity contribution is 5.78. The van der Waals surface area contributed by atoms with Gasteiger partial charge in [0, 0.05) is 57.0 Å². The van der Waals surface area contributed by atoms with Crippen LogP contribution in [-0.2, 0) is 4.79 Å². The Morgan fingerprint density at radius 2 is 1.89 bits per heavy atom. The van der Waals surface area contributed by atoms with Crippen molar-refractivity contribution >= 4 is 17.7 Å². The molecule has 196 valence electrons. The molecule has 0 unspecified atom stereocenters. The first-order valence-electron chi connectivity index (χ1n) is 13.9. The van der Waals surface area contributed by atoms with Crippen molar-refractivity contribution in [2.45, 2.75) is 76.3 Å². The molecule has 0 spiro atoms. The number of hydrogen-bond donors (Lipinski definition) is 4. The van der Waals surface area contributed by atoms with Crippen molar-refractivity contribution in [2.75, 3.05) is 62.6 Å².